The molecule has 0 fully saturated rings. The van der Waals surface area contributed by atoms with Gasteiger partial charge >= 0.3 is 0 Å². The Morgan fingerprint density at radius 3 is 2.81 bits per heavy atom. The Balaban J connectivity index is 1.89. The Hall–Kier alpha value is -1.15. The van der Waals surface area contributed by atoms with Gasteiger partial charge in [0.15, 0.2) is 0 Å². The molecule has 2 rings (SSSR count). The second kappa shape index (κ2) is 7.74. The van der Waals surface area contributed by atoms with E-state index in [1.165, 1.54) is 23.9 Å². The number of hydrogen-bond acceptors (Lipinski definition) is 5. The summed E-state index contributed by atoms with van der Waals surface area (Å²) < 4.78 is 32.2. The monoisotopic (exact) mass is 328 g/mol. The van der Waals surface area contributed by atoms with Crippen LogP contribution in [-0.2, 0) is 23.0 Å². The van der Waals surface area contributed by atoms with Gasteiger partial charge in [0.1, 0.15) is 4.21 Å². The Morgan fingerprint density at radius 2 is 2.10 bits per heavy atom. The van der Waals surface area contributed by atoms with Gasteiger partial charge in [-0.05, 0) is 44.1 Å². The van der Waals surface area contributed by atoms with E-state index in [1.807, 2.05) is 6.07 Å². The zero-order chi connectivity index (χ0) is 15.1. The highest BCUT2D eigenvalue weighted by Crippen LogP contribution is 2.22. The first-order valence-electron chi connectivity index (χ1n) is 6.92. The van der Waals surface area contributed by atoms with E-state index in [9.17, 15) is 8.42 Å². The minimum atomic E-state index is -3.44. The summed E-state index contributed by atoms with van der Waals surface area (Å²) in [7, 11) is -3.44. The lowest BCUT2D eigenvalue weighted by Gasteiger charge is -2.03. The van der Waals surface area contributed by atoms with Crippen LogP contribution in [-0.4, -0.2) is 21.5 Å². The molecule has 7 heteroatoms. The first-order valence-corrected chi connectivity index (χ1v) is 9.22. The molecule has 0 aliphatic rings. The maximum Gasteiger partial charge on any atom is 0.250 e. The van der Waals surface area contributed by atoms with Crippen LogP contribution in [0.5, 0.6) is 0 Å². The number of sulfonamides is 1. The average molecular weight is 328 g/mol. The van der Waals surface area contributed by atoms with Crippen molar-refractivity contribution in [2.24, 2.45) is 0 Å². The van der Waals surface area contributed by atoms with Crippen LogP contribution in [0.1, 0.15) is 23.8 Å². The normalized spacial score (nSPS) is 11.9. The van der Waals surface area contributed by atoms with Crippen LogP contribution < -0.4 is 10.0 Å². The summed E-state index contributed by atoms with van der Waals surface area (Å²) in [6, 6.07) is 5.28. The minimum Gasteiger partial charge on any atom is -0.472 e. The molecule has 2 aromatic rings. The summed E-state index contributed by atoms with van der Waals surface area (Å²) in [5.41, 5.74) is 0.805. The van der Waals surface area contributed by atoms with Crippen LogP contribution in [0, 0.1) is 0 Å². The number of hydrogen-bond donors (Lipinski definition) is 2. The van der Waals surface area contributed by atoms with Crippen molar-refractivity contribution in [1.82, 2.24) is 10.0 Å². The molecule has 2 heterocycles. The quantitative estimate of drug-likeness (QED) is 0.693. The molecular formula is C14H20N2O3S2. The fourth-order valence-electron chi connectivity index (χ4n) is 1.79. The van der Waals surface area contributed by atoms with Crippen molar-refractivity contribution in [3.8, 4) is 0 Å². The van der Waals surface area contributed by atoms with Gasteiger partial charge in [-0.3, -0.25) is 0 Å². The van der Waals surface area contributed by atoms with Crippen molar-refractivity contribution >= 4 is 21.4 Å². The molecule has 0 radical (unpaired) electrons. The fraction of sp³-hybridized carbons (Fsp3) is 0.429. The topological polar surface area (TPSA) is 71.3 Å². The van der Waals surface area contributed by atoms with Gasteiger partial charge in [-0.2, -0.15) is 0 Å². The standard InChI is InChI=1S/C14H20N2O3S2/c1-2-7-15-8-5-13-3-4-14(20-13)21(17,18)16-10-12-6-9-19-11-12/h3-4,6,9,11,15-16H,2,5,7-8,10H2,1H3. The molecule has 0 aliphatic heterocycles. The highest BCUT2D eigenvalue weighted by Gasteiger charge is 2.16. The smallest absolute Gasteiger partial charge is 0.250 e. The van der Waals surface area contributed by atoms with Crippen LogP contribution >= 0.6 is 11.3 Å². The van der Waals surface area contributed by atoms with Gasteiger partial charge in [-0.15, -0.1) is 11.3 Å². The van der Waals surface area contributed by atoms with E-state index in [0.717, 1.165) is 36.4 Å². The minimum absolute atomic E-state index is 0.240. The van der Waals surface area contributed by atoms with Crippen LogP contribution in [0.2, 0.25) is 0 Å². The number of thiophene rings is 1. The van der Waals surface area contributed by atoms with Crippen molar-refractivity contribution in [3.05, 3.63) is 41.2 Å². The molecule has 0 saturated heterocycles. The lowest BCUT2D eigenvalue weighted by atomic mass is 10.3. The van der Waals surface area contributed by atoms with Gasteiger partial charge in [0.25, 0.3) is 0 Å². The lowest BCUT2D eigenvalue weighted by molar-refractivity contribution is 0.561. The zero-order valence-electron chi connectivity index (χ0n) is 12.0. The van der Waals surface area contributed by atoms with E-state index < -0.39 is 10.0 Å². The summed E-state index contributed by atoms with van der Waals surface area (Å²) in [4.78, 5) is 1.07. The number of rotatable bonds is 9. The average Bonchev–Trinajstić information content (AvgIpc) is 3.13. The van der Waals surface area contributed by atoms with Crippen molar-refractivity contribution < 1.29 is 12.8 Å². The molecule has 0 unspecified atom stereocenters. The first kappa shape index (κ1) is 16.2. The highest BCUT2D eigenvalue weighted by atomic mass is 32.2. The third-order valence-electron chi connectivity index (χ3n) is 2.92. The zero-order valence-corrected chi connectivity index (χ0v) is 13.6. The third kappa shape index (κ3) is 4.96. The highest BCUT2D eigenvalue weighted by molar-refractivity contribution is 7.91. The second-order valence-electron chi connectivity index (χ2n) is 4.68. The summed E-state index contributed by atoms with van der Waals surface area (Å²) >= 11 is 1.32. The molecule has 2 N–H and O–H groups in total. The molecule has 0 amide bonds. The Morgan fingerprint density at radius 1 is 1.24 bits per heavy atom. The first-order chi connectivity index (χ1) is 10.1. The van der Waals surface area contributed by atoms with Gasteiger partial charge in [-0.1, -0.05) is 6.92 Å². The molecule has 0 aromatic carbocycles. The maximum absolute atomic E-state index is 12.2. The van der Waals surface area contributed by atoms with E-state index in [0.29, 0.717) is 4.21 Å². The molecule has 5 nitrogen and oxygen atoms in total. The second-order valence-corrected chi connectivity index (χ2v) is 7.84. The number of nitrogens with one attached hydrogen (secondary N) is 2. The van der Waals surface area contributed by atoms with Gasteiger partial charge < -0.3 is 9.73 Å². The maximum atomic E-state index is 12.2. The fourth-order valence-corrected chi connectivity index (χ4v) is 4.21. The molecule has 116 valence electrons. The molecule has 0 saturated carbocycles. The Bertz CT molecular complexity index is 633. The summed E-state index contributed by atoms with van der Waals surface area (Å²) in [5.74, 6) is 0. The third-order valence-corrected chi connectivity index (χ3v) is 5.96. The molecule has 0 atom stereocenters. The summed E-state index contributed by atoms with van der Waals surface area (Å²) in [6.07, 6.45) is 5.00. The van der Waals surface area contributed by atoms with Gasteiger partial charge in [0.05, 0.1) is 12.5 Å². The molecule has 0 aliphatic carbocycles. The molecule has 0 bridgehead atoms. The summed E-state index contributed by atoms with van der Waals surface area (Å²) in [5, 5.41) is 3.31. The van der Waals surface area contributed by atoms with Crippen LogP contribution in [0.25, 0.3) is 0 Å². The Kier molecular flexibility index (Phi) is 5.98. The van der Waals surface area contributed by atoms with Crippen molar-refractivity contribution in [2.45, 2.75) is 30.5 Å². The molecule has 2 aromatic heterocycles. The van der Waals surface area contributed by atoms with E-state index in [1.54, 1.807) is 12.1 Å². The van der Waals surface area contributed by atoms with Crippen molar-refractivity contribution in [2.75, 3.05) is 13.1 Å². The van der Waals surface area contributed by atoms with E-state index >= 15 is 0 Å². The van der Waals surface area contributed by atoms with Gasteiger partial charge in [-0.25, -0.2) is 13.1 Å². The molecular weight excluding hydrogens is 308 g/mol. The van der Waals surface area contributed by atoms with Crippen LogP contribution in [0.15, 0.2) is 39.4 Å². The predicted octanol–water partition coefficient (Wildman–Crippen LogP) is 2.36. The number of furan rings is 1. The Labute approximate surface area is 129 Å². The van der Waals surface area contributed by atoms with Crippen molar-refractivity contribution in [3.63, 3.8) is 0 Å². The van der Waals surface area contributed by atoms with E-state index in [2.05, 4.69) is 17.0 Å². The van der Waals surface area contributed by atoms with Crippen LogP contribution in [0.4, 0.5) is 0 Å². The van der Waals surface area contributed by atoms with E-state index in [4.69, 9.17) is 4.42 Å². The van der Waals surface area contributed by atoms with Crippen molar-refractivity contribution in [1.29, 1.82) is 0 Å². The largest absolute Gasteiger partial charge is 0.472 e. The summed E-state index contributed by atoms with van der Waals surface area (Å²) in [6.45, 7) is 4.22. The van der Waals surface area contributed by atoms with Gasteiger partial charge in [0, 0.05) is 17.0 Å². The van der Waals surface area contributed by atoms with E-state index in [-0.39, 0.29) is 6.54 Å². The molecule has 0 spiro atoms. The predicted molar refractivity (Wildman–Crippen MR) is 83.9 cm³/mol. The molecule has 21 heavy (non-hydrogen) atoms. The SMILES string of the molecule is CCCNCCc1ccc(S(=O)(=O)NCc2ccoc2)s1. The lowest BCUT2D eigenvalue weighted by Crippen LogP contribution is -2.22. The van der Waals surface area contributed by atoms with Crippen LogP contribution in [0.3, 0.4) is 0 Å². The van der Waals surface area contributed by atoms with Gasteiger partial charge in [0.2, 0.25) is 10.0 Å².